The largest absolute Gasteiger partial charge is 0.476 e. The van der Waals surface area contributed by atoms with Crippen molar-refractivity contribution in [1.82, 2.24) is 20.3 Å². The first-order valence-corrected chi connectivity index (χ1v) is 5.53. The number of rotatable bonds is 6. The topological polar surface area (TPSA) is 80.0 Å². The molecule has 1 aliphatic carbocycles. The van der Waals surface area contributed by atoms with E-state index in [0.29, 0.717) is 12.6 Å². The van der Waals surface area contributed by atoms with Crippen molar-refractivity contribution in [1.29, 1.82) is 0 Å². The summed E-state index contributed by atoms with van der Waals surface area (Å²) < 4.78 is 1.55. The molecule has 0 aliphatic heterocycles. The summed E-state index contributed by atoms with van der Waals surface area (Å²) in [6, 6.07) is 0.544. The van der Waals surface area contributed by atoms with E-state index in [1.165, 1.54) is 19.0 Å². The molecule has 0 radical (unpaired) electrons. The van der Waals surface area contributed by atoms with Crippen molar-refractivity contribution in [3.63, 3.8) is 0 Å². The standard InChI is InChI=1S/C10H16N4O2/c1-7(8-2-3-8)11-4-5-14-6-9(10(15)16)12-13-14/h6-8,11H,2-5H2,1H3,(H,15,16). The van der Waals surface area contributed by atoms with Crippen molar-refractivity contribution in [3.8, 4) is 0 Å². The van der Waals surface area contributed by atoms with Crippen LogP contribution in [0.2, 0.25) is 0 Å². The van der Waals surface area contributed by atoms with Gasteiger partial charge < -0.3 is 10.4 Å². The zero-order valence-electron chi connectivity index (χ0n) is 9.26. The van der Waals surface area contributed by atoms with Crippen LogP contribution in [0.5, 0.6) is 0 Å². The van der Waals surface area contributed by atoms with Crippen molar-refractivity contribution in [2.75, 3.05) is 6.54 Å². The van der Waals surface area contributed by atoms with Crippen LogP contribution in [0.3, 0.4) is 0 Å². The van der Waals surface area contributed by atoms with Gasteiger partial charge in [-0.3, -0.25) is 4.68 Å². The van der Waals surface area contributed by atoms with Gasteiger partial charge in [-0.05, 0) is 25.7 Å². The Morgan fingerprint density at radius 3 is 3.06 bits per heavy atom. The van der Waals surface area contributed by atoms with Crippen LogP contribution in [0.15, 0.2) is 6.20 Å². The molecule has 6 nitrogen and oxygen atoms in total. The Hall–Kier alpha value is -1.43. The van der Waals surface area contributed by atoms with Crippen LogP contribution in [-0.2, 0) is 6.54 Å². The van der Waals surface area contributed by atoms with Gasteiger partial charge in [0.15, 0.2) is 5.69 Å². The van der Waals surface area contributed by atoms with Crippen LogP contribution in [0.4, 0.5) is 0 Å². The van der Waals surface area contributed by atoms with Crippen molar-refractivity contribution in [3.05, 3.63) is 11.9 Å². The molecule has 2 rings (SSSR count). The molecule has 16 heavy (non-hydrogen) atoms. The number of aromatic carboxylic acids is 1. The molecule has 1 aliphatic rings. The third kappa shape index (κ3) is 2.79. The Bertz CT molecular complexity index is 373. The fourth-order valence-electron chi connectivity index (χ4n) is 1.68. The highest BCUT2D eigenvalue weighted by Crippen LogP contribution is 2.32. The molecule has 88 valence electrons. The smallest absolute Gasteiger partial charge is 0.358 e. The zero-order valence-corrected chi connectivity index (χ0v) is 9.26. The molecule has 1 aromatic rings. The van der Waals surface area contributed by atoms with Crippen LogP contribution < -0.4 is 5.32 Å². The van der Waals surface area contributed by atoms with Gasteiger partial charge in [0.2, 0.25) is 0 Å². The Balaban J connectivity index is 1.73. The van der Waals surface area contributed by atoms with Crippen LogP contribution in [0.1, 0.15) is 30.3 Å². The Morgan fingerprint density at radius 2 is 2.50 bits per heavy atom. The summed E-state index contributed by atoms with van der Waals surface area (Å²) in [7, 11) is 0. The minimum Gasteiger partial charge on any atom is -0.476 e. The fourth-order valence-corrected chi connectivity index (χ4v) is 1.68. The summed E-state index contributed by atoms with van der Waals surface area (Å²) in [5.41, 5.74) is -0.00441. The van der Waals surface area contributed by atoms with Crippen molar-refractivity contribution < 1.29 is 9.90 Å². The molecule has 0 aromatic carbocycles. The van der Waals surface area contributed by atoms with Crippen LogP contribution in [0.25, 0.3) is 0 Å². The molecule has 0 saturated heterocycles. The highest BCUT2D eigenvalue weighted by atomic mass is 16.4. The van der Waals surface area contributed by atoms with E-state index in [1.54, 1.807) is 4.68 Å². The molecule has 2 N–H and O–H groups in total. The van der Waals surface area contributed by atoms with E-state index in [2.05, 4.69) is 22.6 Å². The van der Waals surface area contributed by atoms with Crippen molar-refractivity contribution in [2.45, 2.75) is 32.4 Å². The predicted octanol–water partition coefficient (Wildman–Crippen LogP) is 0.364. The number of hydrogen-bond acceptors (Lipinski definition) is 4. The Labute approximate surface area is 93.6 Å². The zero-order chi connectivity index (χ0) is 11.5. The quantitative estimate of drug-likeness (QED) is 0.729. The molecule has 0 spiro atoms. The SMILES string of the molecule is CC(NCCn1cc(C(=O)O)nn1)C1CC1. The Kier molecular flexibility index (Phi) is 3.19. The summed E-state index contributed by atoms with van der Waals surface area (Å²) in [5.74, 6) is -0.212. The number of carboxylic acids is 1. The highest BCUT2D eigenvalue weighted by molar-refractivity contribution is 5.84. The van der Waals surface area contributed by atoms with Gasteiger partial charge in [-0.2, -0.15) is 0 Å². The highest BCUT2D eigenvalue weighted by Gasteiger charge is 2.27. The lowest BCUT2D eigenvalue weighted by atomic mass is 10.2. The summed E-state index contributed by atoms with van der Waals surface area (Å²) in [6.45, 7) is 3.62. The van der Waals surface area contributed by atoms with Gasteiger partial charge in [-0.15, -0.1) is 5.10 Å². The number of nitrogens with zero attached hydrogens (tertiary/aromatic N) is 3. The normalized spacial score (nSPS) is 17.3. The molecule has 1 unspecified atom stereocenters. The molecule has 1 saturated carbocycles. The number of carboxylic acid groups (broad SMARTS) is 1. The average Bonchev–Trinajstić information content (AvgIpc) is 2.98. The van der Waals surface area contributed by atoms with Crippen LogP contribution in [-0.4, -0.2) is 38.7 Å². The van der Waals surface area contributed by atoms with Gasteiger partial charge in [0.1, 0.15) is 0 Å². The predicted molar refractivity (Wildman–Crippen MR) is 57.2 cm³/mol. The molecule has 1 atom stereocenters. The van der Waals surface area contributed by atoms with Crippen LogP contribution >= 0.6 is 0 Å². The molecule has 1 aromatic heterocycles. The van der Waals surface area contributed by atoms with Gasteiger partial charge in [0, 0.05) is 12.6 Å². The van der Waals surface area contributed by atoms with Crippen molar-refractivity contribution in [2.24, 2.45) is 5.92 Å². The van der Waals surface area contributed by atoms with E-state index in [0.717, 1.165) is 12.5 Å². The summed E-state index contributed by atoms with van der Waals surface area (Å²) in [5, 5.41) is 19.3. The number of hydrogen-bond donors (Lipinski definition) is 2. The molecule has 6 heteroatoms. The first-order chi connectivity index (χ1) is 7.66. The maximum absolute atomic E-state index is 10.6. The summed E-state index contributed by atoms with van der Waals surface area (Å²) in [4.78, 5) is 10.6. The second kappa shape index (κ2) is 4.61. The maximum Gasteiger partial charge on any atom is 0.358 e. The second-order valence-electron chi connectivity index (χ2n) is 4.25. The third-order valence-electron chi connectivity index (χ3n) is 2.89. The van der Waals surface area contributed by atoms with Gasteiger partial charge in [-0.1, -0.05) is 5.21 Å². The minimum absolute atomic E-state index is 0.00441. The monoisotopic (exact) mass is 224 g/mol. The van der Waals surface area contributed by atoms with E-state index < -0.39 is 5.97 Å². The molecular weight excluding hydrogens is 208 g/mol. The lowest BCUT2D eigenvalue weighted by Gasteiger charge is -2.11. The Morgan fingerprint density at radius 1 is 1.75 bits per heavy atom. The molecule has 1 heterocycles. The van der Waals surface area contributed by atoms with E-state index in [1.807, 2.05) is 0 Å². The van der Waals surface area contributed by atoms with Crippen molar-refractivity contribution >= 4 is 5.97 Å². The number of carbonyl (C=O) groups is 1. The lowest BCUT2D eigenvalue weighted by molar-refractivity contribution is 0.0690. The number of aromatic nitrogens is 3. The van der Waals surface area contributed by atoms with E-state index in [4.69, 9.17) is 5.11 Å². The van der Waals surface area contributed by atoms with Gasteiger partial charge in [0.05, 0.1) is 12.7 Å². The summed E-state index contributed by atoms with van der Waals surface area (Å²) in [6.07, 6.45) is 4.09. The molecule has 1 fully saturated rings. The minimum atomic E-state index is -1.04. The average molecular weight is 224 g/mol. The van der Waals surface area contributed by atoms with Gasteiger partial charge >= 0.3 is 5.97 Å². The molecule has 0 amide bonds. The van der Waals surface area contributed by atoms with Crippen LogP contribution in [0, 0.1) is 5.92 Å². The lowest BCUT2D eigenvalue weighted by Crippen LogP contribution is -2.31. The number of nitrogens with one attached hydrogen (secondary N) is 1. The molecule has 0 bridgehead atoms. The van der Waals surface area contributed by atoms with E-state index >= 15 is 0 Å². The van der Waals surface area contributed by atoms with Gasteiger partial charge in [-0.25, -0.2) is 4.79 Å². The van der Waals surface area contributed by atoms with E-state index in [-0.39, 0.29) is 5.69 Å². The first kappa shape index (κ1) is 11.1. The van der Waals surface area contributed by atoms with Gasteiger partial charge in [0.25, 0.3) is 0 Å². The van der Waals surface area contributed by atoms with E-state index in [9.17, 15) is 4.79 Å². The third-order valence-corrected chi connectivity index (χ3v) is 2.89. The maximum atomic E-state index is 10.6. The fraction of sp³-hybridized carbons (Fsp3) is 0.700. The first-order valence-electron chi connectivity index (χ1n) is 5.53. The summed E-state index contributed by atoms with van der Waals surface area (Å²) >= 11 is 0. The molecular formula is C10H16N4O2. The second-order valence-corrected chi connectivity index (χ2v) is 4.25.